The van der Waals surface area contributed by atoms with Crippen LogP contribution in [0, 0.1) is 6.92 Å². The molecule has 3 aromatic rings. The number of hydrogen-bond acceptors (Lipinski definition) is 2. The predicted molar refractivity (Wildman–Crippen MR) is 99.1 cm³/mol. The maximum absolute atomic E-state index is 12.8. The van der Waals surface area contributed by atoms with Gasteiger partial charge in [0.05, 0.1) is 10.2 Å². The maximum atomic E-state index is 12.8. The number of nitrogens with zero attached hydrogens (tertiary/aromatic N) is 2. The number of carbonyl (C=O) groups excluding carboxylic acids is 1. The fourth-order valence-electron chi connectivity index (χ4n) is 2.52. The average molecular weight is 437 g/mol. The summed E-state index contributed by atoms with van der Waals surface area (Å²) in [5.41, 5.74) is 3.91. The second-order valence-corrected chi connectivity index (χ2v) is 7.05. The fraction of sp³-hybridized carbons (Fsp3) is 0.176. The van der Waals surface area contributed by atoms with Gasteiger partial charge in [-0.05, 0) is 59.1 Å². The molecule has 6 heteroatoms. The maximum Gasteiger partial charge on any atom is 0.274 e. The minimum Gasteiger partial charge on any atom is -0.321 e. The molecule has 0 radical (unpaired) electrons. The van der Waals surface area contributed by atoms with Crippen LogP contribution in [0.5, 0.6) is 0 Å². The summed E-state index contributed by atoms with van der Waals surface area (Å²) in [6.45, 7) is 3.99. The monoisotopic (exact) mass is 435 g/mol. The van der Waals surface area contributed by atoms with E-state index in [1.165, 1.54) is 0 Å². The standard InChI is InChI=1S/C17H15Br2N3O/c1-3-14-15(17(23)20-12-6-4-5-11(18)8-12)22-9-10(2)7-13(19)16(22)21-14/h4-9H,3H2,1-2H3,(H,20,23). The topological polar surface area (TPSA) is 46.4 Å². The molecule has 0 bridgehead atoms. The molecule has 1 aromatic carbocycles. The van der Waals surface area contributed by atoms with E-state index in [2.05, 4.69) is 42.2 Å². The van der Waals surface area contributed by atoms with Gasteiger partial charge in [0.15, 0.2) is 5.65 Å². The van der Waals surface area contributed by atoms with Crippen LogP contribution in [0.15, 0.2) is 45.5 Å². The van der Waals surface area contributed by atoms with Gasteiger partial charge in [-0.25, -0.2) is 4.98 Å². The Morgan fingerprint density at radius 2 is 2.09 bits per heavy atom. The van der Waals surface area contributed by atoms with Gasteiger partial charge in [-0.2, -0.15) is 0 Å². The molecular weight excluding hydrogens is 422 g/mol. The van der Waals surface area contributed by atoms with Crippen molar-refractivity contribution in [1.82, 2.24) is 9.38 Å². The molecule has 0 aliphatic rings. The van der Waals surface area contributed by atoms with Gasteiger partial charge in [0.2, 0.25) is 0 Å². The number of pyridine rings is 1. The molecule has 0 saturated carbocycles. The highest BCUT2D eigenvalue weighted by molar-refractivity contribution is 9.11. The Hall–Kier alpha value is -1.66. The number of nitrogens with one attached hydrogen (secondary N) is 1. The Balaban J connectivity index is 2.09. The van der Waals surface area contributed by atoms with Crippen molar-refractivity contribution in [2.24, 2.45) is 0 Å². The van der Waals surface area contributed by atoms with Crippen molar-refractivity contribution in [3.63, 3.8) is 0 Å². The van der Waals surface area contributed by atoms with E-state index in [4.69, 9.17) is 0 Å². The molecule has 0 spiro atoms. The lowest BCUT2D eigenvalue weighted by molar-refractivity contribution is 0.102. The highest BCUT2D eigenvalue weighted by atomic mass is 79.9. The van der Waals surface area contributed by atoms with E-state index in [1.54, 1.807) is 0 Å². The van der Waals surface area contributed by atoms with E-state index in [-0.39, 0.29) is 5.91 Å². The summed E-state index contributed by atoms with van der Waals surface area (Å²) in [5, 5.41) is 2.95. The average Bonchev–Trinajstić information content (AvgIpc) is 2.86. The van der Waals surface area contributed by atoms with Gasteiger partial charge < -0.3 is 5.32 Å². The molecule has 2 aromatic heterocycles. The number of imidazole rings is 1. The Morgan fingerprint density at radius 3 is 2.78 bits per heavy atom. The molecule has 1 N–H and O–H groups in total. The van der Waals surface area contributed by atoms with Crippen LogP contribution in [0.1, 0.15) is 28.7 Å². The number of aryl methyl sites for hydroxylation is 2. The van der Waals surface area contributed by atoms with Crippen LogP contribution in [0.4, 0.5) is 5.69 Å². The first-order valence-electron chi connectivity index (χ1n) is 7.23. The van der Waals surface area contributed by atoms with Crippen LogP contribution in [-0.2, 0) is 6.42 Å². The lowest BCUT2D eigenvalue weighted by Gasteiger charge is -2.08. The number of hydrogen-bond donors (Lipinski definition) is 1. The van der Waals surface area contributed by atoms with Gasteiger partial charge in [-0.15, -0.1) is 0 Å². The fourth-order valence-corrected chi connectivity index (χ4v) is 3.56. The normalized spacial score (nSPS) is 11.0. The van der Waals surface area contributed by atoms with Crippen LogP contribution in [0.2, 0.25) is 0 Å². The van der Waals surface area contributed by atoms with E-state index in [9.17, 15) is 4.79 Å². The van der Waals surface area contributed by atoms with Gasteiger partial charge in [-0.1, -0.05) is 28.9 Å². The molecule has 1 amide bonds. The number of fused-ring (bicyclic) bond motifs is 1. The Bertz CT molecular complexity index is 902. The quantitative estimate of drug-likeness (QED) is 0.629. The molecule has 0 unspecified atom stereocenters. The van der Waals surface area contributed by atoms with Crippen LogP contribution >= 0.6 is 31.9 Å². The van der Waals surface area contributed by atoms with Gasteiger partial charge in [-0.3, -0.25) is 9.20 Å². The summed E-state index contributed by atoms with van der Waals surface area (Å²) >= 11 is 6.94. The largest absolute Gasteiger partial charge is 0.321 e. The van der Waals surface area contributed by atoms with E-state index in [0.717, 1.165) is 31.5 Å². The lowest BCUT2D eigenvalue weighted by atomic mass is 10.2. The summed E-state index contributed by atoms with van der Waals surface area (Å²) < 4.78 is 3.66. The zero-order chi connectivity index (χ0) is 16.6. The van der Waals surface area contributed by atoms with Crippen LogP contribution in [-0.4, -0.2) is 15.3 Å². The second kappa shape index (κ2) is 6.45. The zero-order valence-electron chi connectivity index (χ0n) is 12.7. The second-order valence-electron chi connectivity index (χ2n) is 5.28. The predicted octanol–water partition coefficient (Wildman–Crippen LogP) is 4.98. The SMILES string of the molecule is CCc1nc2c(Br)cc(C)cn2c1C(=O)Nc1cccc(Br)c1. The molecule has 2 heterocycles. The van der Waals surface area contributed by atoms with E-state index < -0.39 is 0 Å². The van der Waals surface area contributed by atoms with Crippen LogP contribution < -0.4 is 5.32 Å². The van der Waals surface area contributed by atoms with Gasteiger partial charge in [0, 0.05) is 16.4 Å². The number of anilines is 1. The van der Waals surface area contributed by atoms with Crippen molar-refractivity contribution in [2.45, 2.75) is 20.3 Å². The summed E-state index contributed by atoms with van der Waals surface area (Å²) in [6, 6.07) is 9.53. The number of rotatable bonds is 3. The molecule has 118 valence electrons. The van der Waals surface area contributed by atoms with Crippen molar-refractivity contribution >= 4 is 49.1 Å². The lowest BCUT2D eigenvalue weighted by Crippen LogP contribution is -2.16. The molecule has 3 rings (SSSR count). The summed E-state index contributed by atoms with van der Waals surface area (Å²) in [7, 11) is 0. The van der Waals surface area contributed by atoms with E-state index >= 15 is 0 Å². The number of carbonyl (C=O) groups is 1. The minimum absolute atomic E-state index is 0.162. The van der Waals surface area contributed by atoms with Gasteiger partial charge in [0.25, 0.3) is 5.91 Å². The number of benzene rings is 1. The minimum atomic E-state index is -0.162. The Morgan fingerprint density at radius 1 is 1.30 bits per heavy atom. The molecule has 0 aliphatic heterocycles. The van der Waals surface area contributed by atoms with Crippen molar-refractivity contribution < 1.29 is 4.79 Å². The first-order valence-corrected chi connectivity index (χ1v) is 8.82. The number of amides is 1. The highest BCUT2D eigenvalue weighted by Crippen LogP contribution is 2.24. The first kappa shape index (κ1) is 16.2. The molecule has 23 heavy (non-hydrogen) atoms. The van der Waals surface area contributed by atoms with Crippen molar-refractivity contribution in [3.05, 3.63) is 62.4 Å². The summed E-state index contributed by atoms with van der Waals surface area (Å²) in [6.07, 6.45) is 2.62. The van der Waals surface area contributed by atoms with Crippen LogP contribution in [0.3, 0.4) is 0 Å². The van der Waals surface area contributed by atoms with Crippen molar-refractivity contribution in [2.75, 3.05) is 5.32 Å². The van der Waals surface area contributed by atoms with Crippen molar-refractivity contribution in [3.8, 4) is 0 Å². The number of aromatic nitrogens is 2. The first-order chi connectivity index (χ1) is 11.0. The molecule has 0 fully saturated rings. The molecule has 4 nitrogen and oxygen atoms in total. The molecule has 0 atom stereocenters. The third-order valence-corrected chi connectivity index (χ3v) is 4.59. The summed E-state index contributed by atoms with van der Waals surface area (Å²) in [4.78, 5) is 17.4. The number of halogens is 2. The highest BCUT2D eigenvalue weighted by Gasteiger charge is 2.20. The van der Waals surface area contributed by atoms with E-state index in [0.29, 0.717) is 12.1 Å². The molecule has 0 saturated heterocycles. The van der Waals surface area contributed by atoms with Crippen molar-refractivity contribution in [1.29, 1.82) is 0 Å². The van der Waals surface area contributed by atoms with Gasteiger partial charge in [0.1, 0.15) is 5.69 Å². The smallest absolute Gasteiger partial charge is 0.274 e. The van der Waals surface area contributed by atoms with Gasteiger partial charge >= 0.3 is 0 Å². The third kappa shape index (κ3) is 3.19. The Labute approximate surface area is 151 Å². The summed E-state index contributed by atoms with van der Waals surface area (Å²) in [5.74, 6) is -0.162. The Kier molecular flexibility index (Phi) is 4.55. The third-order valence-electron chi connectivity index (χ3n) is 3.52. The van der Waals surface area contributed by atoms with Crippen LogP contribution in [0.25, 0.3) is 5.65 Å². The zero-order valence-corrected chi connectivity index (χ0v) is 15.9. The van der Waals surface area contributed by atoms with E-state index in [1.807, 2.05) is 54.8 Å². The molecular formula is C17H15Br2N3O. The molecule has 0 aliphatic carbocycles.